The second kappa shape index (κ2) is 2.37. The average molecular weight is 162 g/mol. The van der Waals surface area contributed by atoms with Gasteiger partial charge in [0, 0.05) is 6.08 Å². The van der Waals surface area contributed by atoms with Crippen molar-refractivity contribution in [3.8, 4) is 0 Å². The average Bonchev–Trinajstić information content (AvgIpc) is 1.86. The van der Waals surface area contributed by atoms with Gasteiger partial charge in [0.2, 0.25) is 0 Å². The van der Waals surface area contributed by atoms with E-state index in [2.05, 4.69) is 10.5 Å². The largest absolute Gasteiger partial charge is 0.418 e. The second-order valence-electron chi connectivity index (χ2n) is 1.71. The van der Waals surface area contributed by atoms with E-state index in [1.165, 1.54) is 0 Å². The molecule has 0 aliphatic carbocycles. The molecule has 1 heterocycles. The maximum Gasteiger partial charge on any atom is 0.418 e. The van der Waals surface area contributed by atoms with Gasteiger partial charge in [0.1, 0.15) is 6.21 Å². The maximum absolute atomic E-state index is 11.7. The number of hydrogen-bond acceptors (Lipinski definition) is 2. The Kier molecular flexibility index (Phi) is 1.67. The number of amides is 1. The normalized spacial score (nSPS) is 17.7. The van der Waals surface area contributed by atoms with E-state index in [4.69, 9.17) is 0 Å². The van der Waals surface area contributed by atoms with E-state index >= 15 is 0 Å². The summed E-state index contributed by atoms with van der Waals surface area (Å²) in [5.74, 6) is -1.02. The lowest BCUT2D eigenvalue weighted by Crippen LogP contribution is -2.21. The Labute approximate surface area is 59.6 Å². The van der Waals surface area contributed by atoms with Crippen molar-refractivity contribution in [1.29, 1.82) is 0 Å². The third kappa shape index (κ3) is 1.79. The molecule has 0 spiro atoms. The van der Waals surface area contributed by atoms with E-state index in [1.54, 1.807) is 6.21 Å². The minimum absolute atomic E-state index is 0.340. The lowest BCUT2D eigenvalue weighted by molar-refractivity contribution is -0.118. The fourth-order valence-electron chi connectivity index (χ4n) is 0.458. The van der Waals surface area contributed by atoms with Crippen LogP contribution >= 0.6 is 0 Å². The number of alkyl halides is 3. The topological polar surface area (TPSA) is 43.5 Å². The molecule has 0 N–H and O–H groups in total. The quantitative estimate of drug-likeness (QED) is 0.510. The summed E-state index contributed by atoms with van der Waals surface area (Å²) in [4.78, 5) is 10.2. The molecule has 0 aromatic rings. The number of carbonyl (C=O) groups excluding carboxylic acids is 1. The van der Waals surface area contributed by atoms with Crippen LogP contribution in [0.25, 0.3) is 0 Å². The highest BCUT2D eigenvalue weighted by Crippen LogP contribution is 2.24. The number of nitrogens with zero attached hydrogens (tertiary/aromatic N) is 2. The molecule has 0 aromatic heterocycles. The van der Waals surface area contributed by atoms with Crippen molar-refractivity contribution >= 4 is 12.1 Å². The molecule has 58 valence electrons. The predicted molar refractivity (Wildman–Crippen MR) is 28.7 cm³/mol. The van der Waals surface area contributed by atoms with Gasteiger partial charge >= 0.3 is 6.18 Å². The van der Waals surface area contributed by atoms with Crippen molar-refractivity contribution in [2.75, 3.05) is 0 Å². The van der Waals surface area contributed by atoms with Crippen molar-refractivity contribution in [2.45, 2.75) is 6.18 Å². The Balaban J connectivity index is 2.88. The molecule has 3 nitrogen and oxygen atoms in total. The van der Waals surface area contributed by atoms with Crippen LogP contribution in [0.1, 0.15) is 0 Å². The van der Waals surface area contributed by atoms with Gasteiger partial charge in [0.15, 0.2) is 0 Å². The fraction of sp³-hybridized carbons (Fsp3) is 0.200. The summed E-state index contributed by atoms with van der Waals surface area (Å²) >= 11 is 0. The summed E-state index contributed by atoms with van der Waals surface area (Å²) in [6.07, 6.45) is -2.67. The first kappa shape index (κ1) is 7.77. The van der Waals surface area contributed by atoms with Crippen molar-refractivity contribution in [2.24, 2.45) is 5.10 Å². The molecular formula is C5HF3N2O. The molecule has 2 radical (unpaired) electrons. The molecule has 0 saturated carbocycles. The first-order valence-corrected chi connectivity index (χ1v) is 2.50. The Hall–Kier alpha value is -1.33. The van der Waals surface area contributed by atoms with Gasteiger partial charge in [-0.2, -0.15) is 13.2 Å². The van der Waals surface area contributed by atoms with Gasteiger partial charge in [0.05, 0.1) is 5.57 Å². The van der Waals surface area contributed by atoms with Gasteiger partial charge in [-0.1, -0.05) is 0 Å². The molecule has 1 aliphatic heterocycles. The van der Waals surface area contributed by atoms with Crippen LogP contribution in [0, 0.1) is 0 Å². The zero-order chi connectivity index (χ0) is 8.48. The van der Waals surface area contributed by atoms with Crippen LogP contribution in [0.5, 0.6) is 0 Å². The van der Waals surface area contributed by atoms with Gasteiger partial charge < -0.3 is 0 Å². The summed E-state index contributed by atoms with van der Waals surface area (Å²) in [6, 6.07) is 0. The van der Waals surface area contributed by atoms with Gasteiger partial charge in [-0.05, 0) is 0 Å². The zero-order valence-corrected chi connectivity index (χ0v) is 5.01. The van der Waals surface area contributed by atoms with E-state index in [9.17, 15) is 18.0 Å². The molecule has 6 heteroatoms. The third-order valence-electron chi connectivity index (χ3n) is 0.892. The molecule has 11 heavy (non-hydrogen) atoms. The minimum atomic E-state index is -4.57. The Morgan fingerprint density at radius 1 is 1.45 bits per heavy atom. The van der Waals surface area contributed by atoms with Crippen LogP contribution in [-0.4, -0.2) is 18.3 Å². The van der Waals surface area contributed by atoms with Crippen LogP contribution in [0.2, 0.25) is 0 Å². The fourth-order valence-corrected chi connectivity index (χ4v) is 0.458. The highest BCUT2D eigenvalue weighted by atomic mass is 19.4. The zero-order valence-electron chi connectivity index (χ0n) is 5.01. The first-order chi connectivity index (χ1) is 5.00. The maximum atomic E-state index is 11.7. The summed E-state index contributed by atoms with van der Waals surface area (Å²) in [7, 11) is 0. The Bertz CT molecular complexity index is 241. The summed E-state index contributed by atoms with van der Waals surface area (Å²) < 4.78 is 35.2. The standard InChI is InChI=1S/C5HF3N2O/c6-5(7,8)3-1-4(11)10-9-2-3/h1H. The molecule has 0 atom stereocenters. The SMILES string of the molecule is O=C1C=C(C(F)(F)F)[C]=N[N]1. The van der Waals surface area contributed by atoms with Crippen LogP contribution < -0.4 is 5.43 Å². The number of allylic oxidation sites excluding steroid dienone is 1. The first-order valence-electron chi connectivity index (χ1n) is 2.50. The van der Waals surface area contributed by atoms with Crippen molar-refractivity contribution in [3.63, 3.8) is 0 Å². The molecule has 0 bridgehead atoms. The molecule has 0 aromatic carbocycles. The highest BCUT2D eigenvalue weighted by molar-refractivity contribution is 5.98. The van der Waals surface area contributed by atoms with Crippen LogP contribution in [-0.2, 0) is 4.79 Å². The van der Waals surface area contributed by atoms with Gasteiger partial charge in [0.25, 0.3) is 5.91 Å². The Morgan fingerprint density at radius 2 is 2.09 bits per heavy atom. The monoisotopic (exact) mass is 162 g/mol. The van der Waals surface area contributed by atoms with Gasteiger partial charge in [-0.25, -0.2) is 0 Å². The van der Waals surface area contributed by atoms with E-state index in [0.717, 1.165) is 0 Å². The lowest BCUT2D eigenvalue weighted by atomic mass is 10.2. The molecule has 0 unspecified atom stereocenters. The lowest BCUT2D eigenvalue weighted by Gasteiger charge is -2.06. The minimum Gasteiger partial charge on any atom is -0.266 e. The molecule has 0 saturated heterocycles. The Morgan fingerprint density at radius 3 is 2.45 bits per heavy atom. The summed E-state index contributed by atoms with van der Waals surface area (Å²) in [5.41, 5.74) is 1.60. The van der Waals surface area contributed by atoms with E-state index in [-0.39, 0.29) is 0 Å². The number of hydrogen-bond donors (Lipinski definition) is 0. The van der Waals surface area contributed by atoms with E-state index in [0.29, 0.717) is 6.08 Å². The smallest absolute Gasteiger partial charge is 0.266 e. The number of rotatable bonds is 0. The van der Waals surface area contributed by atoms with Crippen LogP contribution in [0.4, 0.5) is 13.2 Å². The third-order valence-corrected chi connectivity index (χ3v) is 0.892. The summed E-state index contributed by atoms with van der Waals surface area (Å²) in [6.45, 7) is 0. The molecule has 1 amide bonds. The highest BCUT2D eigenvalue weighted by Gasteiger charge is 2.35. The molecular weight excluding hydrogens is 161 g/mol. The second-order valence-corrected chi connectivity index (χ2v) is 1.71. The van der Waals surface area contributed by atoms with E-state index < -0.39 is 17.7 Å². The molecule has 1 aliphatic rings. The van der Waals surface area contributed by atoms with E-state index in [1.807, 2.05) is 0 Å². The molecule has 1 rings (SSSR count). The van der Waals surface area contributed by atoms with Crippen LogP contribution in [0.3, 0.4) is 0 Å². The van der Waals surface area contributed by atoms with Crippen molar-refractivity contribution < 1.29 is 18.0 Å². The van der Waals surface area contributed by atoms with Gasteiger partial charge in [-0.3, -0.25) is 4.79 Å². The summed E-state index contributed by atoms with van der Waals surface area (Å²) in [5, 5.41) is 2.74. The predicted octanol–water partition coefficient (Wildman–Crippen LogP) is 0.482. The number of halogens is 3. The van der Waals surface area contributed by atoms with Crippen molar-refractivity contribution in [1.82, 2.24) is 5.43 Å². The van der Waals surface area contributed by atoms with Crippen molar-refractivity contribution in [3.05, 3.63) is 11.6 Å². The number of carbonyl (C=O) groups is 1. The van der Waals surface area contributed by atoms with Gasteiger partial charge in [-0.15, -0.1) is 10.5 Å². The molecule has 0 fully saturated rings. The van der Waals surface area contributed by atoms with Crippen LogP contribution in [0.15, 0.2) is 16.8 Å².